The molecule has 5 nitrogen and oxygen atoms in total. The van der Waals surface area contributed by atoms with Gasteiger partial charge in [-0.2, -0.15) is 0 Å². The number of H-pyrrole nitrogens is 1. The average Bonchev–Trinajstić information content (AvgIpc) is 3.10. The van der Waals surface area contributed by atoms with E-state index >= 15 is 0 Å². The summed E-state index contributed by atoms with van der Waals surface area (Å²) in [6, 6.07) is 11.9. The summed E-state index contributed by atoms with van der Waals surface area (Å²) in [6.07, 6.45) is 1.73. The summed E-state index contributed by atoms with van der Waals surface area (Å²) >= 11 is 3.41. The van der Waals surface area contributed by atoms with Gasteiger partial charge in [0.25, 0.3) is 0 Å². The van der Waals surface area contributed by atoms with Gasteiger partial charge in [0.15, 0.2) is 5.65 Å². The molecule has 1 aromatic carbocycles. The van der Waals surface area contributed by atoms with Crippen LogP contribution in [0.2, 0.25) is 0 Å². The minimum Gasteiger partial charge on any atom is -0.360 e. The average molecular weight is 355 g/mol. The molecular formula is C16H11BrN4O. The molecule has 108 valence electrons. The normalized spacial score (nSPS) is 11.2. The molecule has 0 aliphatic heterocycles. The Morgan fingerprint density at radius 2 is 2.00 bits per heavy atom. The van der Waals surface area contributed by atoms with E-state index in [2.05, 4.69) is 36.0 Å². The van der Waals surface area contributed by atoms with E-state index in [0.29, 0.717) is 11.5 Å². The van der Waals surface area contributed by atoms with Gasteiger partial charge in [-0.25, -0.2) is 9.97 Å². The largest absolute Gasteiger partial charge is 0.360 e. The van der Waals surface area contributed by atoms with E-state index in [4.69, 9.17) is 4.52 Å². The monoisotopic (exact) mass is 354 g/mol. The first-order valence-corrected chi connectivity index (χ1v) is 7.55. The van der Waals surface area contributed by atoms with Crippen molar-refractivity contribution < 1.29 is 4.52 Å². The molecule has 4 rings (SSSR count). The van der Waals surface area contributed by atoms with E-state index in [-0.39, 0.29) is 0 Å². The van der Waals surface area contributed by atoms with Crippen LogP contribution in [0.15, 0.2) is 51.6 Å². The predicted octanol–water partition coefficient (Wildman–Crippen LogP) is 4.35. The van der Waals surface area contributed by atoms with Crippen molar-refractivity contribution in [1.82, 2.24) is 20.1 Å². The van der Waals surface area contributed by atoms with Crippen molar-refractivity contribution in [2.24, 2.45) is 0 Å². The van der Waals surface area contributed by atoms with Crippen molar-refractivity contribution >= 4 is 27.1 Å². The Bertz CT molecular complexity index is 959. The molecule has 6 heteroatoms. The molecule has 0 amide bonds. The first kappa shape index (κ1) is 13.2. The summed E-state index contributed by atoms with van der Waals surface area (Å²) in [5, 5.41) is 4.19. The van der Waals surface area contributed by atoms with Crippen LogP contribution in [0.1, 0.15) is 5.76 Å². The van der Waals surface area contributed by atoms with Crippen LogP contribution in [0.4, 0.5) is 0 Å². The Balaban J connectivity index is 1.93. The van der Waals surface area contributed by atoms with Crippen LogP contribution in [0.5, 0.6) is 0 Å². The highest BCUT2D eigenvalue weighted by atomic mass is 79.9. The Morgan fingerprint density at radius 1 is 1.18 bits per heavy atom. The molecule has 22 heavy (non-hydrogen) atoms. The molecular weight excluding hydrogens is 344 g/mol. The zero-order valence-corrected chi connectivity index (χ0v) is 13.3. The number of aryl methyl sites for hydroxylation is 1. The van der Waals surface area contributed by atoms with E-state index in [1.807, 2.05) is 43.3 Å². The van der Waals surface area contributed by atoms with Crippen molar-refractivity contribution in [2.45, 2.75) is 6.92 Å². The van der Waals surface area contributed by atoms with Crippen molar-refractivity contribution in [3.05, 3.63) is 52.8 Å². The quantitative estimate of drug-likeness (QED) is 0.580. The van der Waals surface area contributed by atoms with E-state index in [1.165, 1.54) is 0 Å². The number of imidazole rings is 1. The fourth-order valence-corrected chi connectivity index (χ4v) is 2.77. The van der Waals surface area contributed by atoms with E-state index in [1.54, 1.807) is 6.20 Å². The molecule has 0 radical (unpaired) electrons. The van der Waals surface area contributed by atoms with Gasteiger partial charge < -0.3 is 9.51 Å². The summed E-state index contributed by atoms with van der Waals surface area (Å²) in [6.45, 7) is 1.88. The maximum absolute atomic E-state index is 5.38. The zero-order chi connectivity index (χ0) is 15.1. The maximum atomic E-state index is 5.38. The molecule has 1 N–H and O–H groups in total. The Hall–Kier alpha value is -2.47. The zero-order valence-electron chi connectivity index (χ0n) is 11.7. The number of pyridine rings is 1. The van der Waals surface area contributed by atoms with Crippen molar-refractivity contribution in [3.8, 4) is 22.6 Å². The van der Waals surface area contributed by atoms with Crippen LogP contribution in [-0.4, -0.2) is 20.1 Å². The van der Waals surface area contributed by atoms with Crippen molar-refractivity contribution in [3.63, 3.8) is 0 Å². The molecule has 0 saturated carbocycles. The third-order valence-corrected chi connectivity index (χ3v) is 3.88. The number of benzene rings is 1. The number of nitrogens with one attached hydrogen (secondary N) is 1. The van der Waals surface area contributed by atoms with Gasteiger partial charge in [-0.15, -0.1) is 0 Å². The molecule has 0 aliphatic rings. The van der Waals surface area contributed by atoms with Gasteiger partial charge in [-0.1, -0.05) is 35.5 Å². The van der Waals surface area contributed by atoms with Gasteiger partial charge in [0.05, 0.1) is 11.1 Å². The van der Waals surface area contributed by atoms with Crippen LogP contribution in [0.3, 0.4) is 0 Å². The molecule has 3 aromatic heterocycles. The third kappa shape index (κ3) is 2.12. The second-order valence-corrected chi connectivity index (χ2v) is 5.85. The predicted molar refractivity (Wildman–Crippen MR) is 87.3 cm³/mol. The fourth-order valence-electron chi connectivity index (χ4n) is 2.44. The summed E-state index contributed by atoms with van der Waals surface area (Å²) in [5.41, 5.74) is 4.15. The van der Waals surface area contributed by atoms with Crippen LogP contribution in [-0.2, 0) is 0 Å². The summed E-state index contributed by atoms with van der Waals surface area (Å²) in [7, 11) is 0. The van der Waals surface area contributed by atoms with Crippen LogP contribution < -0.4 is 0 Å². The molecule has 0 fully saturated rings. The summed E-state index contributed by atoms with van der Waals surface area (Å²) < 4.78 is 6.29. The smallest absolute Gasteiger partial charge is 0.178 e. The van der Waals surface area contributed by atoms with Crippen LogP contribution in [0.25, 0.3) is 33.8 Å². The Labute approximate surface area is 134 Å². The topological polar surface area (TPSA) is 67.6 Å². The molecule has 0 spiro atoms. The molecule has 0 unspecified atom stereocenters. The maximum Gasteiger partial charge on any atom is 0.178 e. The van der Waals surface area contributed by atoms with Gasteiger partial charge in [-0.05, 0) is 28.9 Å². The van der Waals surface area contributed by atoms with Gasteiger partial charge in [0, 0.05) is 16.2 Å². The van der Waals surface area contributed by atoms with E-state index in [9.17, 15) is 0 Å². The van der Waals surface area contributed by atoms with E-state index in [0.717, 1.165) is 32.6 Å². The molecule has 0 saturated heterocycles. The lowest BCUT2D eigenvalue weighted by atomic mass is 10.1. The third-order valence-electron chi connectivity index (χ3n) is 3.45. The Morgan fingerprint density at radius 3 is 2.82 bits per heavy atom. The lowest BCUT2D eigenvalue weighted by Gasteiger charge is -1.99. The summed E-state index contributed by atoms with van der Waals surface area (Å²) in [5.74, 6) is 1.43. The molecule has 0 bridgehead atoms. The van der Waals surface area contributed by atoms with Crippen LogP contribution >= 0.6 is 15.9 Å². The SMILES string of the molecule is Cc1onc(-c2ccccc2)c1-c1nc2ncc(Br)cc2[nH]1. The number of aromatic amines is 1. The second-order valence-electron chi connectivity index (χ2n) is 4.94. The molecule has 0 aliphatic carbocycles. The summed E-state index contributed by atoms with van der Waals surface area (Å²) in [4.78, 5) is 12.1. The standard InChI is InChI=1S/C16H11BrN4O/c1-9-13(14(21-22-9)10-5-3-2-4-6-10)16-19-12-7-11(17)8-18-15(12)20-16/h2-8H,1H3,(H,18,19,20). The van der Waals surface area contributed by atoms with Gasteiger partial charge >= 0.3 is 0 Å². The highest BCUT2D eigenvalue weighted by Crippen LogP contribution is 2.33. The van der Waals surface area contributed by atoms with Gasteiger partial charge in [-0.3, -0.25) is 0 Å². The number of rotatable bonds is 2. The minimum atomic E-state index is 0.665. The number of hydrogen-bond acceptors (Lipinski definition) is 4. The highest BCUT2D eigenvalue weighted by Gasteiger charge is 2.19. The minimum absolute atomic E-state index is 0.665. The van der Waals surface area contributed by atoms with Crippen molar-refractivity contribution in [1.29, 1.82) is 0 Å². The molecule has 4 aromatic rings. The number of halogens is 1. The van der Waals surface area contributed by atoms with E-state index < -0.39 is 0 Å². The number of aromatic nitrogens is 4. The lowest BCUT2D eigenvalue weighted by Crippen LogP contribution is -1.86. The van der Waals surface area contributed by atoms with Crippen molar-refractivity contribution in [2.75, 3.05) is 0 Å². The second kappa shape index (κ2) is 5.06. The number of hydrogen-bond donors (Lipinski definition) is 1. The van der Waals surface area contributed by atoms with Gasteiger partial charge in [0.1, 0.15) is 17.3 Å². The molecule has 3 heterocycles. The number of fused-ring (bicyclic) bond motifs is 1. The molecule has 0 atom stereocenters. The van der Waals surface area contributed by atoms with Crippen LogP contribution in [0, 0.1) is 6.92 Å². The first-order valence-electron chi connectivity index (χ1n) is 6.76. The van der Waals surface area contributed by atoms with Gasteiger partial charge in [0.2, 0.25) is 0 Å². The lowest BCUT2D eigenvalue weighted by molar-refractivity contribution is 0.400. The first-order chi connectivity index (χ1) is 10.7. The number of nitrogens with zero attached hydrogens (tertiary/aromatic N) is 3. The highest BCUT2D eigenvalue weighted by molar-refractivity contribution is 9.10. The Kier molecular flexibility index (Phi) is 3.04. The fraction of sp³-hybridized carbons (Fsp3) is 0.0625.